The van der Waals surface area contributed by atoms with Gasteiger partial charge in [-0.1, -0.05) is 16.5 Å². The van der Waals surface area contributed by atoms with Crippen LogP contribution in [0.2, 0.25) is 0 Å². The monoisotopic (exact) mass is 400 g/mol. The highest BCUT2D eigenvalue weighted by atomic mass is 32.1. The molecule has 2 fully saturated rings. The van der Waals surface area contributed by atoms with Crippen LogP contribution < -0.4 is 0 Å². The van der Waals surface area contributed by atoms with Crippen molar-refractivity contribution in [2.45, 2.75) is 51.7 Å². The number of carbonyl (C=O) groups is 2. The van der Waals surface area contributed by atoms with E-state index in [1.807, 2.05) is 29.8 Å². The van der Waals surface area contributed by atoms with E-state index in [-0.39, 0.29) is 30.3 Å². The summed E-state index contributed by atoms with van der Waals surface area (Å²) in [7, 11) is 0. The number of hydrogen-bond donors (Lipinski definition) is 0. The van der Waals surface area contributed by atoms with Crippen LogP contribution in [-0.2, 0) is 22.6 Å². The molecule has 9 nitrogen and oxygen atoms in total. The number of likely N-dealkylation sites (tertiary alicyclic amines) is 2. The summed E-state index contributed by atoms with van der Waals surface area (Å²) in [6, 6.07) is 1.74. The molecule has 0 radical (unpaired) electrons. The SMILES string of the molecule is Cc1cc(CC(=O)N2CC[C@H]3[C@@H]2CC(=O)N3Cc2cn3nc(C)sc3n2)on1. The summed E-state index contributed by atoms with van der Waals surface area (Å²) in [5.74, 6) is 0.622. The number of imidazole rings is 1. The number of fused-ring (bicyclic) bond motifs is 2. The van der Waals surface area contributed by atoms with Crippen LogP contribution in [0.15, 0.2) is 16.8 Å². The van der Waals surface area contributed by atoms with Crippen LogP contribution in [-0.4, -0.2) is 60.0 Å². The van der Waals surface area contributed by atoms with Gasteiger partial charge in [-0.15, -0.1) is 0 Å². The van der Waals surface area contributed by atoms with Gasteiger partial charge in [-0.25, -0.2) is 9.50 Å². The third kappa shape index (κ3) is 2.88. The van der Waals surface area contributed by atoms with Crippen molar-refractivity contribution in [2.75, 3.05) is 6.54 Å². The summed E-state index contributed by atoms with van der Waals surface area (Å²) >= 11 is 1.53. The Hall–Kier alpha value is -2.75. The molecule has 0 saturated carbocycles. The Labute approximate surface area is 164 Å². The van der Waals surface area contributed by atoms with Crippen molar-refractivity contribution in [3.05, 3.63) is 34.4 Å². The lowest BCUT2D eigenvalue weighted by Gasteiger charge is -2.24. The van der Waals surface area contributed by atoms with Gasteiger partial charge in [0.05, 0.1) is 42.6 Å². The first-order valence-corrected chi connectivity index (χ1v) is 10.1. The molecular formula is C18H20N6O3S. The van der Waals surface area contributed by atoms with Crippen molar-refractivity contribution < 1.29 is 14.1 Å². The highest BCUT2D eigenvalue weighted by molar-refractivity contribution is 7.16. The lowest BCUT2D eigenvalue weighted by atomic mass is 10.1. The molecule has 3 aromatic rings. The molecule has 10 heteroatoms. The minimum atomic E-state index is -0.0758. The smallest absolute Gasteiger partial charge is 0.230 e. The Bertz CT molecular complexity index is 1040. The van der Waals surface area contributed by atoms with Gasteiger partial charge >= 0.3 is 0 Å². The molecule has 146 valence electrons. The molecule has 3 aromatic heterocycles. The summed E-state index contributed by atoms with van der Waals surface area (Å²) in [6.45, 7) is 4.88. The molecule has 28 heavy (non-hydrogen) atoms. The van der Waals surface area contributed by atoms with Gasteiger partial charge in [0, 0.05) is 19.0 Å². The Morgan fingerprint density at radius 2 is 2.21 bits per heavy atom. The van der Waals surface area contributed by atoms with Crippen molar-refractivity contribution >= 4 is 28.1 Å². The molecule has 2 atom stereocenters. The van der Waals surface area contributed by atoms with E-state index in [1.54, 1.807) is 10.6 Å². The zero-order valence-corrected chi connectivity index (χ0v) is 16.5. The summed E-state index contributed by atoms with van der Waals surface area (Å²) in [4.78, 5) is 34.5. The molecule has 0 unspecified atom stereocenters. The van der Waals surface area contributed by atoms with E-state index >= 15 is 0 Å². The Morgan fingerprint density at radius 1 is 1.36 bits per heavy atom. The first-order valence-electron chi connectivity index (χ1n) is 9.31. The highest BCUT2D eigenvalue weighted by Crippen LogP contribution is 2.34. The third-order valence-electron chi connectivity index (χ3n) is 5.46. The fourth-order valence-electron chi connectivity index (χ4n) is 4.29. The number of nitrogens with zero attached hydrogens (tertiary/aromatic N) is 6. The zero-order chi connectivity index (χ0) is 19.4. The van der Waals surface area contributed by atoms with Crippen LogP contribution in [0.25, 0.3) is 4.96 Å². The quantitative estimate of drug-likeness (QED) is 0.656. The van der Waals surface area contributed by atoms with Crippen molar-refractivity contribution in [1.82, 2.24) is 29.6 Å². The number of carbonyl (C=O) groups excluding carboxylic acids is 2. The average molecular weight is 400 g/mol. The first-order chi connectivity index (χ1) is 13.5. The van der Waals surface area contributed by atoms with E-state index in [1.165, 1.54) is 11.3 Å². The van der Waals surface area contributed by atoms with Crippen molar-refractivity contribution in [2.24, 2.45) is 0 Å². The molecule has 5 heterocycles. The van der Waals surface area contributed by atoms with Gasteiger partial charge in [-0.05, 0) is 20.3 Å². The number of hydrogen-bond acceptors (Lipinski definition) is 7. The fraction of sp³-hybridized carbons (Fsp3) is 0.500. The molecule has 0 aliphatic carbocycles. The van der Waals surface area contributed by atoms with Gasteiger partial charge in [0.1, 0.15) is 10.8 Å². The van der Waals surface area contributed by atoms with E-state index in [2.05, 4.69) is 15.2 Å². The molecule has 0 aromatic carbocycles. The van der Waals surface area contributed by atoms with E-state index in [9.17, 15) is 9.59 Å². The summed E-state index contributed by atoms with van der Waals surface area (Å²) in [5.41, 5.74) is 1.59. The minimum Gasteiger partial charge on any atom is -0.361 e. The largest absolute Gasteiger partial charge is 0.361 e. The molecule has 2 aliphatic heterocycles. The minimum absolute atomic E-state index is 0.0134. The van der Waals surface area contributed by atoms with Crippen LogP contribution in [0.1, 0.15) is 35.0 Å². The molecule has 2 amide bonds. The summed E-state index contributed by atoms with van der Waals surface area (Å²) in [5, 5.41) is 9.16. The second-order valence-electron chi connectivity index (χ2n) is 7.43. The van der Waals surface area contributed by atoms with Gasteiger partial charge in [0.25, 0.3) is 0 Å². The maximum Gasteiger partial charge on any atom is 0.230 e. The average Bonchev–Trinajstić information content (AvgIpc) is 3.39. The van der Waals surface area contributed by atoms with Crippen LogP contribution in [0, 0.1) is 13.8 Å². The predicted molar refractivity (Wildman–Crippen MR) is 99.6 cm³/mol. The van der Waals surface area contributed by atoms with Crippen molar-refractivity contribution in [1.29, 1.82) is 0 Å². The maximum atomic E-state index is 12.7. The van der Waals surface area contributed by atoms with Gasteiger partial charge in [0.15, 0.2) is 0 Å². The first kappa shape index (κ1) is 17.4. The Kier molecular flexibility index (Phi) is 3.97. The van der Waals surface area contributed by atoms with Gasteiger partial charge in [-0.2, -0.15) is 5.10 Å². The number of aryl methyl sites for hydroxylation is 2. The topological polar surface area (TPSA) is 96.8 Å². The fourth-order valence-corrected chi connectivity index (χ4v) is 5.03. The van der Waals surface area contributed by atoms with E-state index in [0.29, 0.717) is 25.3 Å². The van der Waals surface area contributed by atoms with Gasteiger partial charge in [-0.3, -0.25) is 9.59 Å². The van der Waals surface area contributed by atoms with Crippen LogP contribution >= 0.6 is 11.3 Å². The Balaban J connectivity index is 1.29. The lowest BCUT2D eigenvalue weighted by molar-refractivity contribution is -0.131. The van der Waals surface area contributed by atoms with Gasteiger partial charge < -0.3 is 14.3 Å². The molecule has 0 spiro atoms. The second kappa shape index (κ2) is 6.40. The summed E-state index contributed by atoms with van der Waals surface area (Å²) < 4.78 is 6.93. The molecule has 2 saturated heterocycles. The maximum absolute atomic E-state index is 12.7. The molecular weight excluding hydrogens is 380 g/mol. The molecule has 0 bridgehead atoms. The van der Waals surface area contributed by atoms with E-state index < -0.39 is 0 Å². The van der Waals surface area contributed by atoms with Crippen molar-refractivity contribution in [3.8, 4) is 0 Å². The van der Waals surface area contributed by atoms with E-state index in [4.69, 9.17) is 4.52 Å². The Morgan fingerprint density at radius 3 is 2.96 bits per heavy atom. The molecule has 5 rings (SSSR count). The standard InChI is InChI=1S/C18H20N6O3S/c1-10-5-13(27-21-10)6-16(25)22-4-3-14-15(22)7-17(26)23(14)8-12-9-24-18(19-12)28-11(2)20-24/h5,9,14-15H,3-4,6-8H2,1-2H3/t14-,15-/m0/s1. The summed E-state index contributed by atoms with van der Waals surface area (Å²) in [6.07, 6.45) is 3.21. The third-order valence-corrected chi connectivity index (χ3v) is 6.30. The highest BCUT2D eigenvalue weighted by Gasteiger charge is 2.48. The molecule has 0 N–H and O–H groups in total. The normalized spacial score (nSPS) is 21.9. The number of rotatable bonds is 4. The van der Waals surface area contributed by atoms with Crippen LogP contribution in [0.4, 0.5) is 0 Å². The number of aromatic nitrogens is 4. The van der Waals surface area contributed by atoms with Gasteiger partial charge in [0.2, 0.25) is 16.8 Å². The van der Waals surface area contributed by atoms with Crippen molar-refractivity contribution in [3.63, 3.8) is 0 Å². The molecule has 2 aliphatic rings. The van der Waals surface area contributed by atoms with Crippen LogP contribution in [0.5, 0.6) is 0 Å². The van der Waals surface area contributed by atoms with E-state index in [0.717, 1.165) is 27.8 Å². The number of amides is 2. The second-order valence-corrected chi connectivity index (χ2v) is 8.59. The zero-order valence-electron chi connectivity index (χ0n) is 15.7. The van der Waals surface area contributed by atoms with Crippen LogP contribution in [0.3, 0.4) is 0 Å². The lowest BCUT2D eigenvalue weighted by Crippen LogP contribution is -2.40. The predicted octanol–water partition coefficient (Wildman–Crippen LogP) is 1.34.